The van der Waals surface area contributed by atoms with Crippen LogP contribution >= 0.6 is 0 Å². The first kappa shape index (κ1) is 11.9. The molecule has 4 heterocycles. The Morgan fingerprint density at radius 2 is 2.25 bits per heavy atom. The number of piperidine rings is 1. The minimum atomic E-state index is 0.540. The fourth-order valence-corrected chi connectivity index (χ4v) is 3.41. The van der Waals surface area contributed by atoms with Gasteiger partial charge in [0.25, 0.3) is 0 Å². The predicted molar refractivity (Wildman–Crippen MR) is 75.4 cm³/mol. The van der Waals surface area contributed by atoms with Crippen LogP contribution < -0.4 is 10.2 Å². The van der Waals surface area contributed by atoms with Gasteiger partial charge >= 0.3 is 0 Å². The average molecular weight is 273 g/mol. The summed E-state index contributed by atoms with van der Waals surface area (Å²) in [5.41, 5.74) is 1.99. The number of aryl methyl sites for hydroxylation is 1. The highest BCUT2D eigenvalue weighted by atomic mass is 15.4. The Hall–Kier alpha value is -1.89. The Bertz CT molecular complexity index is 601. The summed E-state index contributed by atoms with van der Waals surface area (Å²) in [6.07, 6.45) is 4.32. The van der Waals surface area contributed by atoms with Crippen LogP contribution in [-0.2, 0) is 0 Å². The van der Waals surface area contributed by atoms with Crippen molar-refractivity contribution in [2.45, 2.75) is 25.8 Å². The fourth-order valence-electron chi connectivity index (χ4n) is 3.41. The van der Waals surface area contributed by atoms with E-state index in [-0.39, 0.29) is 0 Å². The SMILES string of the molecule is Cc1[nH]ncc1-c1nc(N2CCCC3CNCC32)n[nH]1. The zero-order valence-electron chi connectivity index (χ0n) is 11.6. The second-order valence-corrected chi connectivity index (χ2v) is 5.71. The number of H-pyrrole nitrogens is 2. The molecule has 2 atom stereocenters. The smallest absolute Gasteiger partial charge is 0.245 e. The van der Waals surface area contributed by atoms with Crippen molar-refractivity contribution in [1.29, 1.82) is 0 Å². The van der Waals surface area contributed by atoms with Crippen LogP contribution in [0.1, 0.15) is 18.5 Å². The molecule has 3 N–H and O–H groups in total. The molecule has 2 aliphatic rings. The maximum absolute atomic E-state index is 4.67. The van der Waals surface area contributed by atoms with E-state index in [0.29, 0.717) is 6.04 Å². The van der Waals surface area contributed by atoms with E-state index in [1.165, 1.54) is 12.8 Å². The van der Waals surface area contributed by atoms with Gasteiger partial charge in [-0.15, -0.1) is 5.10 Å². The molecule has 7 nitrogen and oxygen atoms in total. The van der Waals surface area contributed by atoms with Gasteiger partial charge in [-0.2, -0.15) is 10.1 Å². The molecular weight excluding hydrogens is 254 g/mol. The van der Waals surface area contributed by atoms with Crippen LogP contribution in [-0.4, -0.2) is 51.1 Å². The number of hydrogen-bond acceptors (Lipinski definition) is 5. The summed E-state index contributed by atoms with van der Waals surface area (Å²) in [7, 11) is 0. The summed E-state index contributed by atoms with van der Waals surface area (Å²) in [5.74, 6) is 2.35. The summed E-state index contributed by atoms with van der Waals surface area (Å²) in [6.45, 7) is 5.20. The zero-order valence-corrected chi connectivity index (χ0v) is 11.6. The van der Waals surface area contributed by atoms with Gasteiger partial charge in [0.05, 0.1) is 11.8 Å². The van der Waals surface area contributed by atoms with Crippen molar-refractivity contribution >= 4 is 5.95 Å². The molecule has 2 saturated heterocycles. The van der Waals surface area contributed by atoms with Crippen LogP contribution in [0.2, 0.25) is 0 Å². The fraction of sp³-hybridized carbons (Fsp3) is 0.615. The number of rotatable bonds is 2. The lowest BCUT2D eigenvalue weighted by molar-refractivity contribution is 0.381. The molecule has 0 aliphatic carbocycles. The molecule has 106 valence electrons. The standard InChI is InChI=1S/C13H19N7/c1-8-10(6-15-17-8)12-16-13(19-18-12)20-4-2-3-9-5-14-7-11(9)20/h6,9,11,14H,2-5,7H2,1H3,(H,15,17)(H,16,18,19). The van der Waals surface area contributed by atoms with Crippen LogP contribution in [0, 0.1) is 12.8 Å². The van der Waals surface area contributed by atoms with Gasteiger partial charge in [0, 0.05) is 31.4 Å². The van der Waals surface area contributed by atoms with E-state index in [1.807, 2.05) is 6.92 Å². The summed E-state index contributed by atoms with van der Waals surface area (Å²) >= 11 is 0. The second-order valence-electron chi connectivity index (χ2n) is 5.71. The number of anilines is 1. The van der Waals surface area contributed by atoms with Crippen LogP contribution in [0.25, 0.3) is 11.4 Å². The van der Waals surface area contributed by atoms with Gasteiger partial charge < -0.3 is 10.2 Å². The number of nitrogens with one attached hydrogen (secondary N) is 3. The molecule has 2 fully saturated rings. The third-order valence-corrected chi connectivity index (χ3v) is 4.49. The normalized spacial score (nSPS) is 25.9. The molecule has 0 spiro atoms. The number of nitrogens with zero attached hydrogens (tertiary/aromatic N) is 4. The minimum absolute atomic E-state index is 0.540. The van der Waals surface area contributed by atoms with Crippen molar-refractivity contribution in [2.24, 2.45) is 5.92 Å². The molecule has 0 amide bonds. The summed E-state index contributed by atoms with van der Waals surface area (Å²) < 4.78 is 0. The molecule has 20 heavy (non-hydrogen) atoms. The van der Waals surface area contributed by atoms with E-state index in [0.717, 1.165) is 48.6 Å². The third kappa shape index (κ3) is 1.81. The lowest BCUT2D eigenvalue weighted by atomic mass is 9.92. The van der Waals surface area contributed by atoms with E-state index in [2.05, 4.69) is 35.6 Å². The van der Waals surface area contributed by atoms with Crippen LogP contribution in [0.5, 0.6) is 0 Å². The monoisotopic (exact) mass is 273 g/mol. The Kier molecular flexibility index (Phi) is 2.73. The van der Waals surface area contributed by atoms with Gasteiger partial charge in [-0.3, -0.25) is 10.2 Å². The number of fused-ring (bicyclic) bond motifs is 1. The molecule has 2 aromatic heterocycles. The largest absolute Gasteiger partial charge is 0.335 e. The molecule has 4 rings (SSSR count). The molecule has 0 aromatic carbocycles. The molecule has 0 saturated carbocycles. The van der Waals surface area contributed by atoms with Gasteiger partial charge in [-0.25, -0.2) is 0 Å². The van der Waals surface area contributed by atoms with E-state index in [1.54, 1.807) is 6.20 Å². The van der Waals surface area contributed by atoms with Gasteiger partial charge in [0.15, 0.2) is 5.82 Å². The van der Waals surface area contributed by atoms with E-state index in [4.69, 9.17) is 0 Å². The quantitative estimate of drug-likeness (QED) is 0.749. The molecule has 2 aromatic rings. The minimum Gasteiger partial charge on any atom is -0.335 e. The number of hydrogen-bond donors (Lipinski definition) is 3. The summed E-state index contributed by atoms with van der Waals surface area (Å²) in [5, 5.41) is 17.9. The topological polar surface area (TPSA) is 85.5 Å². The highest BCUT2D eigenvalue weighted by Gasteiger charge is 2.36. The highest BCUT2D eigenvalue weighted by Crippen LogP contribution is 2.30. The van der Waals surface area contributed by atoms with Crippen LogP contribution in [0.3, 0.4) is 0 Å². The Labute approximate surface area is 117 Å². The molecule has 7 heteroatoms. The number of aromatic amines is 2. The molecule has 2 aliphatic heterocycles. The zero-order chi connectivity index (χ0) is 13.5. The second kappa shape index (κ2) is 4.59. The van der Waals surface area contributed by atoms with E-state index < -0.39 is 0 Å². The van der Waals surface area contributed by atoms with Gasteiger partial charge in [0.1, 0.15) is 0 Å². The van der Waals surface area contributed by atoms with Gasteiger partial charge in [-0.1, -0.05) is 0 Å². The Morgan fingerprint density at radius 3 is 3.10 bits per heavy atom. The third-order valence-electron chi connectivity index (χ3n) is 4.49. The van der Waals surface area contributed by atoms with E-state index in [9.17, 15) is 0 Å². The van der Waals surface area contributed by atoms with Crippen molar-refractivity contribution in [3.8, 4) is 11.4 Å². The average Bonchev–Trinajstić information content (AvgIpc) is 3.17. The lowest BCUT2D eigenvalue weighted by Crippen LogP contribution is -2.45. The van der Waals surface area contributed by atoms with Crippen LogP contribution in [0.15, 0.2) is 6.20 Å². The Morgan fingerprint density at radius 1 is 1.30 bits per heavy atom. The maximum Gasteiger partial charge on any atom is 0.245 e. The summed E-state index contributed by atoms with van der Waals surface area (Å²) in [6, 6.07) is 0.540. The Balaban J connectivity index is 1.63. The van der Waals surface area contributed by atoms with Crippen molar-refractivity contribution in [3.05, 3.63) is 11.9 Å². The molecule has 0 bridgehead atoms. The van der Waals surface area contributed by atoms with Crippen molar-refractivity contribution in [3.63, 3.8) is 0 Å². The van der Waals surface area contributed by atoms with Crippen molar-refractivity contribution in [1.82, 2.24) is 30.7 Å². The molecular formula is C13H19N7. The summed E-state index contributed by atoms with van der Waals surface area (Å²) in [4.78, 5) is 7.02. The van der Waals surface area contributed by atoms with Gasteiger partial charge in [-0.05, 0) is 25.7 Å². The lowest BCUT2D eigenvalue weighted by Gasteiger charge is -2.36. The number of aromatic nitrogens is 5. The van der Waals surface area contributed by atoms with Gasteiger partial charge in [0.2, 0.25) is 5.95 Å². The predicted octanol–water partition coefficient (Wildman–Crippen LogP) is 0.691. The van der Waals surface area contributed by atoms with E-state index >= 15 is 0 Å². The molecule has 2 unspecified atom stereocenters. The van der Waals surface area contributed by atoms with Crippen molar-refractivity contribution in [2.75, 3.05) is 24.5 Å². The maximum atomic E-state index is 4.67. The first-order valence-electron chi connectivity index (χ1n) is 7.23. The first-order valence-corrected chi connectivity index (χ1v) is 7.23. The van der Waals surface area contributed by atoms with Crippen LogP contribution in [0.4, 0.5) is 5.95 Å². The van der Waals surface area contributed by atoms with Crippen molar-refractivity contribution < 1.29 is 0 Å². The highest BCUT2D eigenvalue weighted by molar-refractivity contribution is 5.58. The molecule has 0 radical (unpaired) electrons. The first-order chi connectivity index (χ1) is 9.83.